The molecule has 1 aromatic heterocycles. The van der Waals surface area contributed by atoms with E-state index in [0.29, 0.717) is 22.8 Å². The van der Waals surface area contributed by atoms with Gasteiger partial charge in [-0.1, -0.05) is 11.6 Å². The maximum absolute atomic E-state index is 12.0. The molecule has 1 unspecified atom stereocenters. The minimum atomic E-state index is -0.208. The van der Waals surface area contributed by atoms with Crippen LogP contribution in [0.5, 0.6) is 0 Å². The standard InChI is InChI=1S/C12H15ClN6O/c1-8(14-2)6-15-12(20)10-4-3-9(5-11(10)13)19-7-16-17-18-19/h3-5,7-8,14H,6H2,1-2H3,(H,15,20). The van der Waals surface area contributed by atoms with Crippen molar-refractivity contribution in [2.24, 2.45) is 0 Å². The summed E-state index contributed by atoms with van der Waals surface area (Å²) in [5, 5.41) is 17.1. The van der Waals surface area contributed by atoms with Crippen LogP contribution in [0, 0.1) is 0 Å². The van der Waals surface area contributed by atoms with Gasteiger partial charge in [0.05, 0.1) is 16.3 Å². The Morgan fingerprint density at radius 3 is 2.90 bits per heavy atom. The highest BCUT2D eigenvalue weighted by molar-refractivity contribution is 6.34. The number of hydrogen-bond acceptors (Lipinski definition) is 5. The number of carbonyl (C=O) groups excluding carboxylic acids is 1. The zero-order chi connectivity index (χ0) is 14.5. The van der Waals surface area contributed by atoms with Crippen LogP contribution in [0.1, 0.15) is 17.3 Å². The van der Waals surface area contributed by atoms with Gasteiger partial charge in [0.25, 0.3) is 5.91 Å². The average molecular weight is 295 g/mol. The molecule has 0 bridgehead atoms. The fourth-order valence-electron chi connectivity index (χ4n) is 1.55. The molecule has 2 rings (SSSR count). The van der Waals surface area contributed by atoms with Crippen molar-refractivity contribution < 1.29 is 4.79 Å². The van der Waals surface area contributed by atoms with Gasteiger partial charge in [-0.15, -0.1) is 5.10 Å². The molecule has 20 heavy (non-hydrogen) atoms. The van der Waals surface area contributed by atoms with Crippen molar-refractivity contribution in [2.45, 2.75) is 13.0 Å². The normalized spacial score (nSPS) is 12.2. The lowest BCUT2D eigenvalue weighted by atomic mass is 10.2. The number of likely N-dealkylation sites (N-methyl/N-ethyl adjacent to an activating group) is 1. The molecule has 1 heterocycles. The van der Waals surface area contributed by atoms with Crippen molar-refractivity contribution in [3.05, 3.63) is 35.1 Å². The van der Waals surface area contributed by atoms with Gasteiger partial charge in [0.15, 0.2) is 0 Å². The quantitative estimate of drug-likeness (QED) is 0.846. The van der Waals surface area contributed by atoms with E-state index < -0.39 is 0 Å². The highest BCUT2D eigenvalue weighted by Gasteiger charge is 2.12. The maximum atomic E-state index is 12.0. The van der Waals surface area contributed by atoms with Crippen molar-refractivity contribution in [1.29, 1.82) is 0 Å². The molecule has 0 saturated heterocycles. The number of amides is 1. The molecule has 2 aromatic rings. The lowest BCUT2D eigenvalue weighted by molar-refractivity contribution is 0.0950. The summed E-state index contributed by atoms with van der Waals surface area (Å²) in [4.78, 5) is 12.0. The van der Waals surface area contributed by atoms with Gasteiger partial charge >= 0.3 is 0 Å². The van der Waals surface area contributed by atoms with Crippen LogP contribution in [0.15, 0.2) is 24.5 Å². The first kappa shape index (κ1) is 14.4. The van der Waals surface area contributed by atoms with Crippen LogP contribution >= 0.6 is 11.6 Å². The third-order valence-electron chi connectivity index (χ3n) is 2.87. The Bertz CT molecular complexity index is 586. The van der Waals surface area contributed by atoms with Gasteiger partial charge in [0, 0.05) is 12.6 Å². The predicted octanol–water partition coefficient (Wildman–Crippen LogP) is 0.653. The summed E-state index contributed by atoms with van der Waals surface area (Å²) in [5.41, 5.74) is 1.12. The van der Waals surface area contributed by atoms with Gasteiger partial charge < -0.3 is 10.6 Å². The summed E-state index contributed by atoms with van der Waals surface area (Å²) in [6, 6.07) is 5.23. The Morgan fingerprint density at radius 2 is 2.30 bits per heavy atom. The van der Waals surface area contributed by atoms with Crippen molar-refractivity contribution in [2.75, 3.05) is 13.6 Å². The zero-order valence-electron chi connectivity index (χ0n) is 11.2. The number of aromatic nitrogens is 4. The fraction of sp³-hybridized carbons (Fsp3) is 0.333. The summed E-state index contributed by atoms with van der Waals surface area (Å²) in [7, 11) is 1.84. The van der Waals surface area contributed by atoms with Gasteiger partial charge in [0.1, 0.15) is 6.33 Å². The van der Waals surface area contributed by atoms with E-state index >= 15 is 0 Å². The largest absolute Gasteiger partial charge is 0.350 e. The molecule has 106 valence electrons. The first-order chi connectivity index (χ1) is 9.61. The van der Waals surface area contributed by atoms with Crippen LogP contribution in [0.25, 0.3) is 5.69 Å². The van der Waals surface area contributed by atoms with E-state index in [1.807, 2.05) is 14.0 Å². The van der Waals surface area contributed by atoms with Gasteiger partial charge in [-0.25, -0.2) is 4.68 Å². The molecule has 0 aliphatic carbocycles. The summed E-state index contributed by atoms with van der Waals surface area (Å²) in [5.74, 6) is -0.208. The Balaban J connectivity index is 2.11. The van der Waals surface area contributed by atoms with Gasteiger partial charge in [-0.2, -0.15) is 0 Å². The minimum Gasteiger partial charge on any atom is -0.350 e. The molecule has 2 N–H and O–H groups in total. The Morgan fingerprint density at radius 1 is 1.50 bits per heavy atom. The van der Waals surface area contributed by atoms with E-state index in [2.05, 4.69) is 26.2 Å². The minimum absolute atomic E-state index is 0.193. The van der Waals surface area contributed by atoms with Gasteiger partial charge in [0.2, 0.25) is 0 Å². The summed E-state index contributed by atoms with van der Waals surface area (Å²) in [6.07, 6.45) is 1.46. The number of hydrogen-bond donors (Lipinski definition) is 2. The molecule has 8 heteroatoms. The topological polar surface area (TPSA) is 84.7 Å². The molecule has 0 saturated carbocycles. The van der Waals surface area contributed by atoms with Crippen molar-refractivity contribution >= 4 is 17.5 Å². The SMILES string of the molecule is CNC(C)CNC(=O)c1ccc(-n2cnnn2)cc1Cl. The molecule has 0 spiro atoms. The lowest BCUT2D eigenvalue weighted by Crippen LogP contribution is -2.37. The fourth-order valence-corrected chi connectivity index (χ4v) is 1.81. The molecule has 0 fully saturated rings. The van der Waals surface area contributed by atoms with Crippen molar-refractivity contribution in [3.8, 4) is 5.69 Å². The van der Waals surface area contributed by atoms with Crippen LogP contribution < -0.4 is 10.6 Å². The second kappa shape index (κ2) is 6.44. The smallest absolute Gasteiger partial charge is 0.252 e. The van der Waals surface area contributed by atoms with E-state index in [0.717, 1.165) is 0 Å². The van der Waals surface area contributed by atoms with E-state index in [1.54, 1.807) is 18.2 Å². The van der Waals surface area contributed by atoms with Crippen LogP contribution in [0.4, 0.5) is 0 Å². The monoisotopic (exact) mass is 294 g/mol. The molecule has 7 nitrogen and oxygen atoms in total. The van der Waals surface area contributed by atoms with Gasteiger partial charge in [-0.3, -0.25) is 4.79 Å². The zero-order valence-corrected chi connectivity index (χ0v) is 11.9. The highest BCUT2D eigenvalue weighted by atomic mass is 35.5. The molecule has 1 atom stereocenters. The predicted molar refractivity (Wildman–Crippen MR) is 75.0 cm³/mol. The molecule has 1 amide bonds. The van der Waals surface area contributed by atoms with E-state index in [-0.39, 0.29) is 11.9 Å². The Labute approximate surface area is 121 Å². The first-order valence-electron chi connectivity index (χ1n) is 6.10. The molecule has 0 aliphatic heterocycles. The first-order valence-corrected chi connectivity index (χ1v) is 6.48. The van der Waals surface area contributed by atoms with E-state index in [4.69, 9.17) is 11.6 Å². The second-order valence-electron chi connectivity index (χ2n) is 4.32. The number of halogens is 1. The second-order valence-corrected chi connectivity index (χ2v) is 4.73. The Kier molecular flexibility index (Phi) is 4.65. The summed E-state index contributed by atoms with van der Waals surface area (Å²) < 4.78 is 1.47. The van der Waals surface area contributed by atoms with E-state index in [9.17, 15) is 4.79 Å². The number of tetrazole rings is 1. The van der Waals surface area contributed by atoms with Crippen molar-refractivity contribution in [3.63, 3.8) is 0 Å². The Hall–Kier alpha value is -1.99. The molecule has 0 radical (unpaired) electrons. The number of benzene rings is 1. The average Bonchev–Trinajstić information content (AvgIpc) is 2.98. The van der Waals surface area contributed by atoms with Crippen LogP contribution in [0.3, 0.4) is 0 Å². The maximum Gasteiger partial charge on any atom is 0.252 e. The third-order valence-corrected chi connectivity index (χ3v) is 3.19. The summed E-state index contributed by atoms with van der Waals surface area (Å²) in [6.45, 7) is 2.50. The third kappa shape index (κ3) is 3.31. The molecular formula is C12H15ClN6O. The lowest BCUT2D eigenvalue weighted by Gasteiger charge is -2.12. The number of carbonyl (C=O) groups is 1. The number of rotatable bonds is 5. The summed E-state index contributed by atoms with van der Waals surface area (Å²) >= 11 is 6.13. The highest BCUT2D eigenvalue weighted by Crippen LogP contribution is 2.19. The van der Waals surface area contributed by atoms with Crippen LogP contribution in [-0.4, -0.2) is 45.7 Å². The number of nitrogens with one attached hydrogen (secondary N) is 2. The van der Waals surface area contributed by atoms with Gasteiger partial charge in [-0.05, 0) is 42.6 Å². The molecular weight excluding hydrogens is 280 g/mol. The number of nitrogens with zero attached hydrogens (tertiary/aromatic N) is 4. The van der Waals surface area contributed by atoms with Crippen molar-refractivity contribution in [1.82, 2.24) is 30.8 Å². The molecule has 0 aliphatic rings. The van der Waals surface area contributed by atoms with Crippen LogP contribution in [0.2, 0.25) is 5.02 Å². The van der Waals surface area contributed by atoms with Crippen LogP contribution in [-0.2, 0) is 0 Å². The van der Waals surface area contributed by atoms with E-state index in [1.165, 1.54) is 11.0 Å². The molecule has 1 aromatic carbocycles.